The predicted octanol–water partition coefficient (Wildman–Crippen LogP) is 5.83. The highest BCUT2D eigenvalue weighted by molar-refractivity contribution is 6.31. The van der Waals surface area contributed by atoms with Crippen LogP contribution >= 0.6 is 11.6 Å². The van der Waals surface area contributed by atoms with Gasteiger partial charge < -0.3 is 5.11 Å². The van der Waals surface area contributed by atoms with Crippen LogP contribution in [-0.4, -0.2) is 16.1 Å². The molecule has 1 aromatic heterocycles. The van der Waals surface area contributed by atoms with E-state index in [1.165, 1.54) is 0 Å². The van der Waals surface area contributed by atoms with Crippen LogP contribution in [0.3, 0.4) is 0 Å². The summed E-state index contributed by atoms with van der Waals surface area (Å²) in [6, 6.07) is 15.4. The lowest BCUT2D eigenvalue weighted by atomic mass is 9.85. The Bertz CT molecular complexity index is 922. The molecule has 1 heterocycles. The molecule has 3 rings (SSSR count). The number of aromatic nitrogens is 1. The molecule has 0 saturated heterocycles. The minimum absolute atomic E-state index is 0.573. The van der Waals surface area contributed by atoms with Gasteiger partial charge in [-0.1, -0.05) is 55.3 Å². The molecule has 0 bridgehead atoms. The van der Waals surface area contributed by atoms with E-state index in [9.17, 15) is 9.90 Å². The van der Waals surface area contributed by atoms with Crippen LogP contribution in [0, 0.1) is 6.92 Å². The van der Waals surface area contributed by atoms with E-state index >= 15 is 0 Å². The number of carboxylic acid groups (broad SMARTS) is 1. The summed E-state index contributed by atoms with van der Waals surface area (Å²) in [5, 5.41) is 11.3. The summed E-state index contributed by atoms with van der Waals surface area (Å²) in [5.41, 5.74) is 4.28. The van der Waals surface area contributed by atoms with E-state index in [2.05, 4.69) is 4.98 Å². The van der Waals surface area contributed by atoms with Gasteiger partial charge in [0.05, 0.1) is 11.4 Å². The molecule has 1 unspecified atom stereocenters. The Labute approximate surface area is 152 Å². The van der Waals surface area contributed by atoms with Gasteiger partial charge in [-0.15, -0.1) is 0 Å². The maximum atomic E-state index is 12.0. The number of hydrogen-bond donors (Lipinski definition) is 1. The van der Waals surface area contributed by atoms with Gasteiger partial charge in [0.2, 0.25) is 0 Å². The summed E-state index contributed by atoms with van der Waals surface area (Å²) < 4.78 is 0. The number of pyridine rings is 1. The second-order valence-corrected chi connectivity index (χ2v) is 6.63. The van der Waals surface area contributed by atoms with Gasteiger partial charge in [-0.3, -0.25) is 9.78 Å². The molecule has 0 spiro atoms. The zero-order chi connectivity index (χ0) is 18.0. The lowest BCUT2D eigenvalue weighted by molar-refractivity contribution is -0.139. The molecule has 0 amide bonds. The van der Waals surface area contributed by atoms with Gasteiger partial charge in [0, 0.05) is 16.1 Å². The van der Waals surface area contributed by atoms with Gasteiger partial charge in [0.25, 0.3) is 0 Å². The quantitative estimate of drug-likeness (QED) is 0.627. The molecule has 128 valence electrons. The average molecular weight is 354 g/mol. The number of rotatable bonds is 5. The molecule has 2 aromatic carbocycles. The topological polar surface area (TPSA) is 50.2 Å². The van der Waals surface area contributed by atoms with Crippen LogP contribution in [0.2, 0.25) is 5.02 Å². The Balaban J connectivity index is 2.42. The molecule has 1 N–H and O–H groups in total. The first-order valence-corrected chi connectivity index (χ1v) is 8.78. The van der Waals surface area contributed by atoms with Crippen molar-refractivity contribution in [2.75, 3.05) is 0 Å². The number of fused-ring (bicyclic) bond motifs is 1. The van der Waals surface area contributed by atoms with E-state index in [-0.39, 0.29) is 0 Å². The van der Waals surface area contributed by atoms with Crippen molar-refractivity contribution in [1.29, 1.82) is 0 Å². The van der Waals surface area contributed by atoms with E-state index in [4.69, 9.17) is 11.6 Å². The SMILES string of the molecule is CCCC(C(=O)O)c1c(C)nc2ccc(Cl)cc2c1-c1ccccc1. The maximum absolute atomic E-state index is 12.0. The van der Waals surface area contributed by atoms with Crippen molar-refractivity contribution in [3.8, 4) is 11.1 Å². The van der Waals surface area contributed by atoms with Crippen LogP contribution in [0.15, 0.2) is 48.5 Å². The zero-order valence-electron chi connectivity index (χ0n) is 14.3. The van der Waals surface area contributed by atoms with E-state index in [1.54, 1.807) is 0 Å². The number of aryl methyl sites for hydroxylation is 1. The molecule has 0 aliphatic carbocycles. The third-order valence-electron chi connectivity index (χ3n) is 4.46. The highest BCUT2D eigenvalue weighted by Crippen LogP contribution is 2.39. The summed E-state index contributed by atoms with van der Waals surface area (Å²) in [4.78, 5) is 16.6. The third-order valence-corrected chi connectivity index (χ3v) is 4.70. The van der Waals surface area contributed by atoms with Crippen molar-refractivity contribution in [2.45, 2.75) is 32.6 Å². The summed E-state index contributed by atoms with van der Waals surface area (Å²) in [5.74, 6) is -1.40. The average Bonchev–Trinajstić information content (AvgIpc) is 2.60. The summed E-state index contributed by atoms with van der Waals surface area (Å²) in [6.07, 6.45) is 1.36. The molecule has 0 radical (unpaired) electrons. The van der Waals surface area contributed by atoms with E-state index < -0.39 is 11.9 Å². The zero-order valence-corrected chi connectivity index (χ0v) is 15.0. The van der Waals surface area contributed by atoms with E-state index in [0.29, 0.717) is 11.4 Å². The number of carbonyl (C=O) groups is 1. The maximum Gasteiger partial charge on any atom is 0.311 e. The Kier molecular flexibility index (Phi) is 5.05. The minimum Gasteiger partial charge on any atom is -0.481 e. The molecular weight excluding hydrogens is 334 g/mol. The molecule has 3 aromatic rings. The normalized spacial score (nSPS) is 12.3. The number of nitrogens with zero attached hydrogens (tertiary/aromatic N) is 1. The second kappa shape index (κ2) is 7.24. The van der Waals surface area contributed by atoms with Crippen molar-refractivity contribution in [1.82, 2.24) is 4.98 Å². The standard InChI is InChI=1S/C21H20ClNO2/c1-3-7-16(21(24)25)19-13(2)23-18-11-10-15(22)12-17(18)20(19)14-8-5-4-6-9-14/h4-6,8-12,16H,3,7H2,1-2H3,(H,24,25). The Morgan fingerprint density at radius 2 is 1.92 bits per heavy atom. The lowest BCUT2D eigenvalue weighted by Crippen LogP contribution is -2.15. The second-order valence-electron chi connectivity index (χ2n) is 6.19. The fraction of sp³-hybridized carbons (Fsp3) is 0.238. The van der Waals surface area contributed by atoms with Gasteiger partial charge in [-0.05, 0) is 48.2 Å². The Morgan fingerprint density at radius 3 is 2.56 bits per heavy atom. The summed E-state index contributed by atoms with van der Waals surface area (Å²) in [7, 11) is 0. The molecule has 25 heavy (non-hydrogen) atoms. The Morgan fingerprint density at radius 1 is 1.20 bits per heavy atom. The number of hydrogen-bond acceptors (Lipinski definition) is 2. The minimum atomic E-state index is -0.815. The van der Waals surface area contributed by atoms with E-state index in [0.717, 1.165) is 39.7 Å². The molecule has 0 saturated carbocycles. The fourth-order valence-electron chi connectivity index (χ4n) is 3.40. The number of aliphatic carboxylic acids is 1. The molecule has 4 heteroatoms. The fourth-order valence-corrected chi connectivity index (χ4v) is 3.57. The monoisotopic (exact) mass is 353 g/mol. The van der Waals surface area contributed by atoms with Crippen LogP contribution in [0.1, 0.15) is 36.9 Å². The predicted molar refractivity (Wildman–Crippen MR) is 102 cm³/mol. The van der Waals surface area contributed by atoms with Crippen LogP contribution in [0.25, 0.3) is 22.0 Å². The highest BCUT2D eigenvalue weighted by Gasteiger charge is 2.26. The molecule has 0 aliphatic rings. The number of carboxylic acids is 1. The molecule has 1 atom stereocenters. The summed E-state index contributed by atoms with van der Waals surface area (Å²) in [6.45, 7) is 3.89. The van der Waals surface area contributed by atoms with Crippen molar-refractivity contribution < 1.29 is 9.90 Å². The third kappa shape index (κ3) is 3.38. The van der Waals surface area contributed by atoms with Crippen LogP contribution in [0.4, 0.5) is 0 Å². The van der Waals surface area contributed by atoms with Crippen molar-refractivity contribution >= 4 is 28.5 Å². The van der Waals surface area contributed by atoms with Gasteiger partial charge in [-0.25, -0.2) is 0 Å². The first kappa shape index (κ1) is 17.4. The van der Waals surface area contributed by atoms with Crippen molar-refractivity contribution in [2.24, 2.45) is 0 Å². The first-order chi connectivity index (χ1) is 12.0. The van der Waals surface area contributed by atoms with Crippen LogP contribution in [-0.2, 0) is 4.79 Å². The number of halogens is 1. The van der Waals surface area contributed by atoms with Crippen LogP contribution < -0.4 is 0 Å². The van der Waals surface area contributed by atoms with Crippen molar-refractivity contribution in [3.63, 3.8) is 0 Å². The van der Waals surface area contributed by atoms with E-state index in [1.807, 2.05) is 62.4 Å². The van der Waals surface area contributed by atoms with Gasteiger partial charge in [0.1, 0.15) is 0 Å². The molecule has 0 aliphatic heterocycles. The molecule has 3 nitrogen and oxygen atoms in total. The van der Waals surface area contributed by atoms with Crippen molar-refractivity contribution in [3.05, 3.63) is 64.8 Å². The van der Waals surface area contributed by atoms with Gasteiger partial charge in [-0.2, -0.15) is 0 Å². The highest BCUT2D eigenvalue weighted by atomic mass is 35.5. The Hall–Kier alpha value is -2.39. The largest absolute Gasteiger partial charge is 0.481 e. The molecule has 0 fully saturated rings. The smallest absolute Gasteiger partial charge is 0.311 e. The summed E-state index contributed by atoms with van der Waals surface area (Å²) >= 11 is 6.23. The first-order valence-electron chi connectivity index (χ1n) is 8.41. The van der Waals surface area contributed by atoms with Gasteiger partial charge >= 0.3 is 5.97 Å². The van der Waals surface area contributed by atoms with Gasteiger partial charge in [0.15, 0.2) is 0 Å². The van der Waals surface area contributed by atoms with Crippen LogP contribution in [0.5, 0.6) is 0 Å². The molecular formula is C21H20ClNO2. The number of benzene rings is 2. The lowest BCUT2D eigenvalue weighted by Gasteiger charge is -2.21.